The Labute approximate surface area is 150 Å². The first-order chi connectivity index (χ1) is 12.1. The second kappa shape index (κ2) is 8.19. The van der Waals surface area contributed by atoms with Crippen LogP contribution in [0.2, 0.25) is 0 Å². The van der Waals surface area contributed by atoms with Crippen LogP contribution in [0, 0.1) is 5.92 Å². The molecule has 1 heterocycles. The molecule has 1 saturated carbocycles. The van der Waals surface area contributed by atoms with E-state index in [2.05, 4.69) is 10.2 Å². The summed E-state index contributed by atoms with van der Waals surface area (Å²) >= 11 is 0. The van der Waals surface area contributed by atoms with Gasteiger partial charge < -0.3 is 14.8 Å². The summed E-state index contributed by atoms with van der Waals surface area (Å²) < 4.78 is 11.3. The molecule has 1 N–H and O–H groups in total. The van der Waals surface area contributed by atoms with Gasteiger partial charge in [0.1, 0.15) is 18.0 Å². The molecule has 25 heavy (non-hydrogen) atoms. The van der Waals surface area contributed by atoms with Crippen molar-refractivity contribution in [2.45, 2.75) is 44.6 Å². The lowest BCUT2D eigenvalue weighted by Crippen LogP contribution is -2.44. The molecule has 1 aromatic rings. The first-order valence-corrected chi connectivity index (χ1v) is 9.43. The van der Waals surface area contributed by atoms with Gasteiger partial charge >= 0.3 is 0 Å². The summed E-state index contributed by atoms with van der Waals surface area (Å²) in [7, 11) is 1.61. The Hall–Kier alpha value is -1.59. The molecule has 0 spiro atoms. The number of rotatable bonds is 8. The second-order valence-electron chi connectivity index (χ2n) is 7.31. The first-order valence-electron chi connectivity index (χ1n) is 9.43. The maximum atomic E-state index is 12.5. The molecule has 5 heteroatoms. The summed E-state index contributed by atoms with van der Waals surface area (Å²) in [5.74, 6) is 1.10. The molecule has 3 rings (SSSR count). The Morgan fingerprint density at radius 2 is 1.88 bits per heavy atom. The molecular weight excluding hydrogens is 316 g/mol. The van der Waals surface area contributed by atoms with E-state index in [-0.39, 0.29) is 5.91 Å². The molecule has 1 atom stereocenters. The third-order valence-electron chi connectivity index (χ3n) is 5.47. The molecule has 5 nitrogen and oxygen atoms in total. The number of methoxy groups -OCH3 is 1. The summed E-state index contributed by atoms with van der Waals surface area (Å²) in [4.78, 5) is 15.0. The van der Waals surface area contributed by atoms with Crippen molar-refractivity contribution in [3.05, 3.63) is 24.3 Å². The van der Waals surface area contributed by atoms with Gasteiger partial charge in [0, 0.05) is 19.3 Å². The van der Waals surface area contributed by atoms with E-state index in [1.165, 1.54) is 32.4 Å². The highest BCUT2D eigenvalue weighted by molar-refractivity contribution is 5.97. The monoisotopic (exact) mass is 346 g/mol. The standard InChI is InChI=1S/C20H30N2O3/c1-20(24-2,16-6-7-16)19(23)21-17-8-10-18(11-9-17)25-15-14-22-12-4-3-5-13-22/h8-11,16H,3-7,12-15H2,1-2H3,(H,21,23)/t20-/m1/s1. The lowest BCUT2D eigenvalue weighted by atomic mass is 9.99. The number of benzene rings is 1. The van der Waals surface area contributed by atoms with E-state index < -0.39 is 5.60 Å². The van der Waals surface area contributed by atoms with Gasteiger partial charge in [0.25, 0.3) is 5.91 Å². The normalized spacial score (nSPS) is 20.7. The predicted molar refractivity (Wildman–Crippen MR) is 99.0 cm³/mol. The van der Waals surface area contributed by atoms with Crippen molar-refractivity contribution in [2.75, 3.05) is 38.7 Å². The number of amides is 1. The van der Waals surface area contributed by atoms with Crippen LogP contribution in [0.1, 0.15) is 39.0 Å². The fraction of sp³-hybridized carbons (Fsp3) is 0.650. The third kappa shape index (κ3) is 4.73. The number of ether oxygens (including phenoxy) is 2. The Morgan fingerprint density at radius 3 is 2.48 bits per heavy atom. The van der Waals surface area contributed by atoms with Crippen LogP contribution in [0.4, 0.5) is 5.69 Å². The SMILES string of the molecule is CO[C@@](C)(C(=O)Nc1ccc(OCCN2CCCCC2)cc1)C1CC1. The van der Waals surface area contributed by atoms with Crippen LogP contribution in [0.15, 0.2) is 24.3 Å². The maximum Gasteiger partial charge on any atom is 0.256 e. The molecule has 0 bridgehead atoms. The van der Waals surface area contributed by atoms with Crippen LogP contribution in [-0.2, 0) is 9.53 Å². The quantitative estimate of drug-likeness (QED) is 0.785. The van der Waals surface area contributed by atoms with E-state index in [1.54, 1.807) is 7.11 Å². The van der Waals surface area contributed by atoms with Gasteiger partial charge in [-0.15, -0.1) is 0 Å². The Kier molecular flexibility index (Phi) is 5.97. The molecule has 0 unspecified atom stereocenters. The zero-order valence-corrected chi connectivity index (χ0v) is 15.4. The van der Waals surface area contributed by atoms with Crippen molar-refractivity contribution in [3.63, 3.8) is 0 Å². The fourth-order valence-electron chi connectivity index (χ4n) is 3.44. The van der Waals surface area contributed by atoms with Crippen LogP contribution >= 0.6 is 0 Å². The fourth-order valence-corrected chi connectivity index (χ4v) is 3.44. The number of nitrogens with one attached hydrogen (secondary N) is 1. The molecular formula is C20H30N2O3. The average molecular weight is 346 g/mol. The van der Waals surface area contributed by atoms with Gasteiger partial charge in [-0.05, 0) is 75.9 Å². The average Bonchev–Trinajstić information content (AvgIpc) is 3.49. The lowest BCUT2D eigenvalue weighted by Gasteiger charge is -2.27. The van der Waals surface area contributed by atoms with Gasteiger partial charge in [-0.25, -0.2) is 0 Å². The predicted octanol–water partition coefficient (Wildman–Crippen LogP) is 3.30. The van der Waals surface area contributed by atoms with Crippen molar-refractivity contribution < 1.29 is 14.3 Å². The first kappa shape index (κ1) is 18.2. The molecule has 1 aliphatic carbocycles. The number of carbonyl (C=O) groups is 1. The maximum absolute atomic E-state index is 12.5. The zero-order valence-electron chi connectivity index (χ0n) is 15.4. The molecule has 1 aliphatic heterocycles. The van der Waals surface area contributed by atoms with Crippen LogP contribution in [-0.4, -0.2) is 49.8 Å². The zero-order chi connectivity index (χ0) is 17.7. The number of hydrogen-bond donors (Lipinski definition) is 1. The molecule has 1 aromatic carbocycles. The third-order valence-corrected chi connectivity index (χ3v) is 5.47. The highest BCUT2D eigenvalue weighted by Gasteiger charge is 2.47. The summed E-state index contributed by atoms with van der Waals surface area (Å²) in [6.07, 6.45) is 6.07. The molecule has 2 aliphatic rings. The Morgan fingerprint density at radius 1 is 1.20 bits per heavy atom. The van der Waals surface area contributed by atoms with Gasteiger partial charge in [0.05, 0.1) is 0 Å². The van der Waals surface area contributed by atoms with Crippen molar-refractivity contribution in [3.8, 4) is 5.75 Å². The van der Waals surface area contributed by atoms with Crippen molar-refractivity contribution in [2.24, 2.45) is 5.92 Å². The number of carbonyl (C=O) groups excluding carboxylic acids is 1. The van der Waals surface area contributed by atoms with E-state index >= 15 is 0 Å². The van der Waals surface area contributed by atoms with E-state index in [0.717, 1.165) is 30.8 Å². The molecule has 0 aromatic heterocycles. The summed E-state index contributed by atoms with van der Waals surface area (Å²) in [5.41, 5.74) is 0.0428. The smallest absolute Gasteiger partial charge is 0.256 e. The van der Waals surface area contributed by atoms with Crippen LogP contribution < -0.4 is 10.1 Å². The van der Waals surface area contributed by atoms with Gasteiger partial charge in [-0.2, -0.15) is 0 Å². The minimum absolute atomic E-state index is 0.0729. The van der Waals surface area contributed by atoms with Crippen LogP contribution in [0.5, 0.6) is 5.75 Å². The molecule has 0 radical (unpaired) electrons. The summed E-state index contributed by atoms with van der Waals surface area (Å²) in [6.45, 7) is 5.93. The van der Waals surface area contributed by atoms with Crippen molar-refractivity contribution in [1.82, 2.24) is 4.90 Å². The summed E-state index contributed by atoms with van der Waals surface area (Å²) in [5, 5.41) is 2.96. The number of nitrogens with zero attached hydrogens (tertiary/aromatic N) is 1. The highest BCUT2D eigenvalue weighted by atomic mass is 16.5. The summed E-state index contributed by atoms with van der Waals surface area (Å²) in [6, 6.07) is 7.59. The molecule has 138 valence electrons. The van der Waals surface area contributed by atoms with Gasteiger partial charge in [0.2, 0.25) is 0 Å². The number of likely N-dealkylation sites (tertiary alicyclic amines) is 1. The van der Waals surface area contributed by atoms with E-state index in [9.17, 15) is 4.79 Å². The number of hydrogen-bond acceptors (Lipinski definition) is 4. The van der Waals surface area contributed by atoms with Crippen molar-refractivity contribution in [1.29, 1.82) is 0 Å². The number of piperidine rings is 1. The Balaban J connectivity index is 1.46. The van der Waals surface area contributed by atoms with Gasteiger partial charge in [-0.3, -0.25) is 9.69 Å². The van der Waals surface area contributed by atoms with E-state index in [4.69, 9.17) is 9.47 Å². The minimum Gasteiger partial charge on any atom is -0.492 e. The largest absolute Gasteiger partial charge is 0.492 e. The molecule has 1 amide bonds. The highest BCUT2D eigenvalue weighted by Crippen LogP contribution is 2.42. The lowest BCUT2D eigenvalue weighted by molar-refractivity contribution is -0.138. The van der Waals surface area contributed by atoms with Gasteiger partial charge in [0.15, 0.2) is 0 Å². The van der Waals surface area contributed by atoms with E-state index in [1.807, 2.05) is 31.2 Å². The van der Waals surface area contributed by atoms with Gasteiger partial charge in [-0.1, -0.05) is 6.42 Å². The van der Waals surface area contributed by atoms with Crippen LogP contribution in [0.25, 0.3) is 0 Å². The minimum atomic E-state index is -0.733. The van der Waals surface area contributed by atoms with Crippen molar-refractivity contribution >= 4 is 11.6 Å². The second-order valence-corrected chi connectivity index (χ2v) is 7.31. The molecule has 2 fully saturated rings. The molecule has 1 saturated heterocycles. The number of anilines is 1. The topological polar surface area (TPSA) is 50.8 Å². The Bertz CT molecular complexity index is 565. The van der Waals surface area contributed by atoms with E-state index in [0.29, 0.717) is 12.5 Å². The van der Waals surface area contributed by atoms with Crippen LogP contribution in [0.3, 0.4) is 0 Å².